The predicted octanol–water partition coefficient (Wildman–Crippen LogP) is 5.15. The van der Waals surface area contributed by atoms with Gasteiger partial charge in [0.05, 0.1) is 30.7 Å². The van der Waals surface area contributed by atoms with Gasteiger partial charge in [-0.15, -0.1) is 0 Å². The average molecular weight is 686 g/mol. The number of aromatic nitrogens is 2. The first kappa shape index (κ1) is 35.0. The summed E-state index contributed by atoms with van der Waals surface area (Å²) in [5, 5.41) is 17.6. The van der Waals surface area contributed by atoms with Gasteiger partial charge in [0.1, 0.15) is 17.2 Å². The maximum absolute atomic E-state index is 14.0. The number of likely N-dealkylation sites (tertiary alicyclic amines) is 1. The van der Waals surface area contributed by atoms with Gasteiger partial charge in [-0.1, -0.05) is 54.6 Å². The Labute approximate surface area is 297 Å². The Hall–Kier alpha value is -5.81. The summed E-state index contributed by atoms with van der Waals surface area (Å²) in [5.74, 6) is -0.0185. The van der Waals surface area contributed by atoms with Gasteiger partial charge in [-0.3, -0.25) is 25.1 Å². The Balaban J connectivity index is 1.11. The van der Waals surface area contributed by atoms with Crippen LogP contribution >= 0.6 is 0 Å². The molecular formula is C40H43N7O4. The molecule has 51 heavy (non-hydrogen) atoms. The Morgan fingerprint density at radius 1 is 0.882 bits per heavy atom. The van der Waals surface area contributed by atoms with Crippen molar-refractivity contribution in [1.29, 1.82) is 5.41 Å². The van der Waals surface area contributed by atoms with Crippen LogP contribution in [0.1, 0.15) is 52.6 Å². The maximum atomic E-state index is 14.0. The number of imidazole rings is 1. The minimum atomic E-state index is -1.16. The van der Waals surface area contributed by atoms with E-state index < -0.39 is 11.5 Å². The van der Waals surface area contributed by atoms with Crippen LogP contribution in [0.5, 0.6) is 0 Å². The molecule has 5 aromatic rings. The first-order chi connectivity index (χ1) is 24.7. The molecule has 1 aromatic heterocycles. The number of nitrogens with zero attached hydrogens (tertiary/aromatic N) is 3. The summed E-state index contributed by atoms with van der Waals surface area (Å²) in [6, 6.07) is 31.7. The third-order valence-electron chi connectivity index (χ3n) is 9.35. The maximum Gasteiger partial charge on any atom is 0.319 e. The number of rotatable bonds is 13. The van der Waals surface area contributed by atoms with E-state index in [9.17, 15) is 14.4 Å². The summed E-state index contributed by atoms with van der Waals surface area (Å²) in [6.45, 7) is 3.78. The van der Waals surface area contributed by atoms with E-state index in [1.165, 1.54) is 0 Å². The van der Waals surface area contributed by atoms with Gasteiger partial charge >= 0.3 is 5.97 Å². The van der Waals surface area contributed by atoms with Crippen molar-refractivity contribution in [3.05, 3.63) is 131 Å². The van der Waals surface area contributed by atoms with Gasteiger partial charge in [0, 0.05) is 43.4 Å². The van der Waals surface area contributed by atoms with Crippen molar-refractivity contribution >= 4 is 40.3 Å². The summed E-state index contributed by atoms with van der Waals surface area (Å²) in [6.07, 6.45) is 2.53. The topological polar surface area (TPSA) is 141 Å². The smallest absolute Gasteiger partial charge is 0.319 e. The third kappa shape index (κ3) is 8.33. The molecule has 11 nitrogen and oxygen atoms in total. The van der Waals surface area contributed by atoms with Crippen molar-refractivity contribution in [1.82, 2.24) is 25.1 Å². The number of benzene rings is 4. The van der Waals surface area contributed by atoms with E-state index in [1.54, 1.807) is 36.4 Å². The lowest BCUT2D eigenvalue weighted by Crippen LogP contribution is -2.54. The predicted molar refractivity (Wildman–Crippen MR) is 197 cm³/mol. The second kappa shape index (κ2) is 15.8. The molecule has 262 valence electrons. The molecule has 1 aliphatic heterocycles. The van der Waals surface area contributed by atoms with E-state index in [-0.39, 0.29) is 30.8 Å². The standard InChI is InChI=1S/C40H43N7O4/c1-40(39(50)47-22-9-10-23-47,43-27-36(48)51-24-21-28-11-5-3-6-12-28)31-17-20-34-33(25-31)44-35(46(34)2)26-42-32-18-15-29(16-19-32)37(41)45-38(49)30-13-7-4-8-14-30/h3-8,11-20,25,42-43H,9-10,21-24,26-27H2,1-2H3,(H2,41,45,49). The zero-order chi connectivity index (χ0) is 35.8. The molecule has 2 heterocycles. The fourth-order valence-corrected chi connectivity index (χ4v) is 6.27. The number of aryl methyl sites for hydroxylation is 1. The van der Waals surface area contributed by atoms with Gasteiger partial charge in [0.2, 0.25) is 5.91 Å². The van der Waals surface area contributed by atoms with E-state index in [2.05, 4.69) is 16.0 Å². The molecule has 11 heteroatoms. The number of carbonyl (C=O) groups is 3. The highest BCUT2D eigenvalue weighted by atomic mass is 16.5. The number of esters is 1. The van der Waals surface area contributed by atoms with Crippen molar-refractivity contribution in [2.45, 2.75) is 38.3 Å². The summed E-state index contributed by atoms with van der Waals surface area (Å²) in [5.41, 5.74) is 4.19. The molecular weight excluding hydrogens is 642 g/mol. The molecule has 4 N–H and O–H groups in total. The Morgan fingerprint density at radius 3 is 2.27 bits per heavy atom. The van der Waals surface area contributed by atoms with Gasteiger partial charge in [-0.25, -0.2) is 4.98 Å². The number of hydrogen-bond acceptors (Lipinski definition) is 8. The van der Waals surface area contributed by atoms with Crippen molar-refractivity contribution in [3.8, 4) is 0 Å². The van der Waals surface area contributed by atoms with Crippen LogP contribution in [-0.4, -0.2) is 64.3 Å². The second-order valence-corrected chi connectivity index (χ2v) is 12.9. The number of ether oxygens (including phenoxy) is 1. The summed E-state index contributed by atoms with van der Waals surface area (Å²) in [4.78, 5) is 46.0. The van der Waals surface area contributed by atoms with Gasteiger partial charge in [0.25, 0.3) is 5.91 Å². The van der Waals surface area contributed by atoms with Gasteiger partial charge in [-0.2, -0.15) is 0 Å². The fourth-order valence-electron chi connectivity index (χ4n) is 6.27. The Morgan fingerprint density at radius 2 is 1.57 bits per heavy atom. The summed E-state index contributed by atoms with van der Waals surface area (Å²) in [7, 11) is 1.95. The summed E-state index contributed by atoms with van der Waals surface area (Å²) >= 11 is 0. The van der Waals surface area contributed by atoms with Crippen molar-refractivity contribution in [3.63, 3.8) is 0 Å². The molecule has 1 saturated heterocycles. The van der Waals surface area contributed by atoms with Crippen LogP contribution < -0.4 is 16.0 Å². The van der Waals surface area contributed by atoms with Crippen LogP contribution in [0.25, 0.3) is 11.0 Å². The lowest BCUT2D eigenvalue weighted by atomic mass is 9.89. The highest BCUT2D eigenvalue weighted by Crippen LogP contribution is 2.29. The molecule has 4 aromatic carbocycles. The van der Waals surface area contributed by atoms with E-state index in [4.69, 9.17) is 15.1 Å². The minimum absolute atomic E-state index is 0.0196. The lowest BCUT2D eigenvalue weighted by molar-refractivity contribution is -0.144. The molecule has 6 rings (SSSR count). The van der Waals surface area contributed by atoms with Crippen LogP contribution in [0, 0.1) is 5.41 Å². The van der Waals surface area contributed by atoms with Crippen molar-refractivity contribution < 1.29 is 19.1 Å². The van der Waals surface area contributed by atoms with E-state index in [0.717, 1.165) is 46.5 Å². The normalized spacial score (nSPS) is 13.8. The molecule has 2 amide bonds. The van der Waals surface area contributed by atoms with Gasteiger partial charge in [-0.05, 0) is 79.4 Å². The highest BCUT2D eigenvalue weighted by Gasteiger charge is 2.40. The quantitative estimate of drug-likeness (QED) is 0.0763. The minimum Gasteiger partial charge on any atom is -0.464 e. The van der Waals surface area contributed by atoms with Gasteiger partial charge < -0.3 is 24.8 Å². The molecule has 0 radical (unpaired) electrons. The zero-order valence-corrected chi connectivity index (χ0v) is 28.9. The molecule has 1 aliphatic rings. The first-order valence-electron chi connectivity index (χ1n) is 17.2. The number of amidine groups is 1. The molecule has 0 aliphatic carbocycles. The lowest BCUT2D eigenvalue weighted by Gasteiger charge is -2.34. The molecule has 1 fully saturated rings. The monoisotopic (exact) mass is 685 g/mol. The van der Waals surface area contributed by atoms with E-state index in [0.29, 0.717) is 37.2 Å². The average Bonchev–Trinajstić information content (AvgIpc) is 3.81. The largest absolute Gasteiger partial charge is 0.464 e. The zero-order valence-electron chi connectivity index (χ0n) is 28.9. The van der Waals surface area contributed by atoms with E-state index >= 15 is 0 Å². The number of carbonyl (C=O) groups excluding carboxylic acids is 3. The Kier molecular flexibility index (Phi) is 10.9. The van der Waals surface area contributed by atoms with Crippen molar-refractivity contribution in [2.24, 2.45) is 7.05 Å². The van der Waals surface area contributed by atoms with E-state index in [1.807, 2.05) is 90.2 Å². The number of amides is 2. The highest BCUT2D eigenvalue weighted by molar-refractivity contribution is 6.11. The van der Waals surface area contributed by atoms with Crippen LogP contribution in [-0.2, 0) is 39.9 Å². The van der Waals surface area contributed by atoms with Crippen molar-refractivity contribution in [2.75, 3.05) is 31.6 Å². The second-order valence-electron chi connectivity index (χ2n) is 12.9. The van der Waals surface area contributed by atoms with Crippen LogP contribution in [0.2, 0.25) is 0 Å². The molecule has 1 atom stereocenters. The van der Waals surface area contributed by atoms with Crippen LogP contribution in [0.4, 0.5) is 5.69 Å². The first-order valence-corrected chi connectivity index (χ1v) is 17.2. The molecule has 0 spiro atoms. The molecule has 0 bridgehead atoms. The number of nitrogens with one attached hydrogen (secondary N) is 4. The van der Waals surface area contributed by atoms with Crippen LogP contribution in [0.15, 0.2) is 103 Å². The summed E-state index contributed by atoms with van der Waals surface area (Å²) < 4.78 is 7.52. The van der Waals surface area contributed by atoms with Crippen LogP contribution in [0.3, 0.4) is 0 Å². The number of fused-ring (bicyclic) bond motifs is 1. The van der Waals surface area contributed by atoms with Gasteiger partial charge in [0.15, 0.2) is 0 Å². The SMILES string of the molecule is Cn1c(CNc2ccc(C(=N)NC(=O)c3ccccc3)cc2)nc2cc(C(C)(NCC(=O)OCCc3ccccc3)C(=O)N3CCCC3)ccc21. The molecule has 0 saturated carbocycles. The number of anilines is 1. The third-order valence-corrected chi connectivity index (χ3v) is 9.35. The fraction of sp³-hybridized carbons (Fsp3) is 0.275. The number of hydrogen-bond donors (Lipinski definition) is 4. The Bertz CT molecular complexity index is 2010. The molecule has 1 unspecified atom stereocenters.